The zero-order valence-electron chi connectivity index (χ0n) is 22.3. The zero-order chi connectivity index (χ0) is 23.3. The van der Waals surface area contributed by atoms with Gasteiger partial charge in [0.15, 0.2) is 0 Å². The van der Waals surface area contributed by atoms with Gasteiger partial charge in [-0.3, -0.25) is 0 Å². The van der Waals surface area contributed by atoms with Gasteiger partial charge < -0.3 is 9.84 Å². The minimum atomic E-state index is -0.140. The van der Waals surface area contributed by atoms with Gasteiger partial charge in [0.2, 0.25) is 0 Å². The Kier molecular flexibility index (Phi) is 5.19. The molecule has 9 atom stereocenters. The summed E-state index contributed by atoms with van der Waals surface area (Å²) in [5, 5.41) is 10.8. The first-order valence-electron chi connectivity index (χ1n) is 13.8. The smallest absolute Gasteiger partial charge is 0.0892 e. The first kappa shape index (κ1) is 23.4. The molecule has 0 aromatic heterocycles. The molecule has 0 amide bonds. The summed E-state index contributed by atoms with van der Waals surface area (Å²) in [6, 6.07) is 0. The fourth-order valence-corrected chi connectivity index (χ4v) is 10.0. The first-order chi connectivity index (χ1) is 14.8. The van der Waals surface area contributed by atoms with Crippen molar-refractivity contribution in [2.75, 3.05) is 0 Å². The lowest BCUT2D eigenvalue weighted by Gasteiger charge is -2.64. The maximum atomic E-state index is 10.8. The number of ether oxygens (including phenoxy) is 1. The van der Waals surface area contributed by atoms with Crippen LogP contribution >= 0.6 is 0 Å². The molecule has 1 unspecified atom stereocenters. The van der Waals surface area contributed by atoms with Crippen molar-refractivity contribution in [3.8, 4) is 0 Å². The largest absolute Gasteiger partial charge is 0.393 e. The molecule has 1 aliphatic heterocycles. The van der Waals surface area contributed by atoms with Gasteiger partial charge in [-0.15, -0.1) is 0 Å². The number of aliphatic hydroxyl groups is 1. The van der Waals surface area contributed by atoms with Crippen LogP contribution in [-0.2, 0) is 4.74 Å². The van der Waals surface area contributed by atoms with Crippen molar-refractivity contribution in [1.82, 2.24) is 0 Å². The third kappa shape index (κ3) is 3.03. The van der Waals surface area contributed by atoms with E-state index in [4.69, 9.17) is 4.74 Å². The minimum Gasteiger partial charge on any atom is -0.393 e. The number of aliphatic hydroxyl groups excluding tert-OH is 1. The second-order valence-corrected chi connectivity index (χ2v) is 14.6. The molecule has 32 heavy (non-hydrogen) atoms. The van der Waals surface area contributed by atoms with Gasteiger partial charge in [-0.25, -0.2) is 0 Å². The third-order valence-electron chi connectivity index (χ3n) is 12.6. The van der Waals surface area contributed by atoms with Crippen molar-refractivity contribution in [3.63, 3.8) is 0 Å². The number of epoxide rings is 1. The summed E-state index contributed by atoms with van der Waals surface area (Å²) in [5.74, 6) is 2.98. The highest BCUT2D eigenvalue weighted by Gasteiger charge is 2.65. The van der Waals surface area contributed by atoms with Crippen LogP contribution in [0.1, 0.15) is 113 Å². The molecule has 3 saturated carbocycles. The highest BCUT2D eigenvalue weighted by atomic mass is 16.6. The van der Waals surface area contributed by atoms with Crippen molar-refractivity contribution in [3.05, 3.63) is 11.6 Å². The van der Waals surface area contributed by atoms with Crippen molar-refractivity contribution < 1.29 is 9.84 Å². The topological polar surface area (TPSA) is 32.8 Å². The molecule has 4 aliphatic carbocycles. The normalized spacial score (nSPS) is 51.8. The molecule has 2 nitrogen and oxygen atoms in total. The van der Waals surface area contributed by atoms with Crippen molar-refractivity contribution in [1.29, 1.82) is 0 Å². The van der Waals surface area contributed by atoms with E-state index < -0.39 is 0 Å². The lowest BCUT2D eigenvalue weighted by molar-refractivity contribution is -0.118. The SMILES string of the molecule is C[C@H](CCC1OC1(C)C)[C@H]1CC[C@@]2(C)[C@@H]3CC[C@H]4C(C)(C)[C@@H](O)CC[C@]4(C)C3=CC[C@]12C. The first-order valence-corrected chi connectivity index (χ1v) is 13.8. The summed E-state index contributed by atoms with van der Waals surface area (Å²) < 4.78 is 5.90. The third-order valence-corrected chi connectivity index (χ3v) is 12.6. The molecule has 0 aromatic carbocycles. The Hall–Kier alpha value is -0.340. The van der Waals surface area contributed by atoms with Crippen LogP contribution in [0.2, 0.25) is 0 Å². The second kappa shape index (κ2) is 7.09. The van der Waals surface area contributed by atoms with E-state index in [9.17, 15) is 5.11 Å². The van der Waals surface area contributed by atoms with Gasteiger partial charge in [0.25, 0.3) is 0 Å². The summed E-state index contributed by atoms with van der Waals surface area (Å²) in [7, 11) is 0. The quantitative estimate of drug-likeness (QED) is 0.360. The Bertz CT molecular complexity index is 795. The summed E-state index contributed by atoms with van der Waals surface area (Å²) in [5.41, 5.74) is 3.11. The Morgan fingerprint density at radius 3 is 2.31 bits per heavy atom. The van der Waals surface area contributed by atoms with Gasteiger partial charge in [0.1, 0.15) is 0 Å². The molecule has 5 rings (SSSR count). The number of hydrogen-bond donors (Lipinski definition) is 1. The molecule has 1 saturated heterocycles. The molecule has 0 radical (unpaired) electrons. The van der Waals surface area contributed by atoms with Crippen LogP contribution in [0.3, 0.4) is 0 Å². The van der Waals surface area contributed by atoms with Crippen LogP contribution in [0.25, 0.3) is 0 Å². The molecule has 4 fully saturated rings. The van der Waals surface area contributed by atoms with Gasteiger partial charge >= 0.3 is 0 Å². The van der Waals surface area contributed by atoms with E-state index in [1.54, 1.807) is 5.57 Å². The molecule has 1 N–H and O–H groups in total. The number of rotatable bonds is 4. The van der Waals surface area contributed by atoms with E-state index in [0.29, 0.717) is 22.9 Å². The molecule has 0 aromatic rings. The maximum Gasteiger partial charge on any atom is 0.0892 e. The monoisotopic (exact) mass is 442 g/mol. The average Bonchev–Trinajstić information content (AvgIpc) is 3.22. The van der Waals surface area contributed by atoms with Crippen LogP contribution in [0.5, 0.6) is 0 Å². The number of hydrogen-bond acceptors (Lipinski definition) is 2. The van der Waals surface area contributed by atoms with Gasteiger partial charge in [-0.1, -0.05) is 53.2 Å². The Labute approximate surface area is 198 Å². The molecular weight excluding hydrogens is 392 g/mol. The standard InChI is InChI=1S/C30H50O2/c1-19(9-12-25-27(4,5)32-25)20-13-17-30(8)22-10-11-23-26(2,3)24(31)15-16-28(23,6)21(22)14-18-29(20,30)7/h14,19-20,22-25,31H,9-13,15-18H2,1-8H3/t19-,20-,22-,23+,24+,25?,28-,29-,30+/m1/s1. The van der Waals surface area contributed by atoms with Gasteiger partial charge in [0.05, 0.1) is 17.8 Å². The fraction of sp³-hybridized carbons (Fsp3) is 0.933. The van der Waals surface area contributed by atoms with Crippen LogP contribution < -0.4 is 0 Å². The highest BCUT2D eigenvalue weighted by molar-refractivity contribution is 5.32. The fourth-order valence-electron chi connectivity index (χ4n) is 10.0. The van der Waals surface area contributed by atoms with Gasteiger partial charge in [-0.2, -0.15) is 0 Å². The Balaban J connectivity index is 1.40. The van der Waals surface area contributed by atoms with Crippen LogP contribution in [0.15, 0.2) is 11.6 Å². The summed E-state index contributed by atoms with van der Waals surface area (Å²) in [4.78, 5) is 0. The van der Waals surface area contributed by atoms with E-state index >= 15 is 0 Å². The van der Waals surface area contributed by atoms with E-state index in [2.05, 4.69) is 61.5 Å². The van der Waals surface area contributed by atoms with E-state index in [1.165, 1.54) is 51.4 Å². The average molecular weight is 443 g/mol. The number of allylic oxidation sites excluding steroid dienone is 2. The molecule has 182 valence electrons. The van der Waals surface area contributed by atoms with Crippen molar-refractivity contribution in [2.24, 2.45) is 45.3 Å². The Morgan fingerprint density at radius 2 is 1.66 bits per heavy atom. The van der Waals surface area contributed by atoms with Crippen LogP contribution in [-0.4, -0.2) is 22.9 Å². The molecule has 2 heteroatoms. The van der Waals surface area contributed by atoms with Crippen molar-refractivity contribution in [2.45, 2.75) is 131 Å². The zero-order valence-corrected chi connectivity index (χ0v) is 22.3. The van der Waals surface area contributed by atoms with E-state index in [-0.39, 0.29) is 22.5 Å². The van der Waals surface area contributed by atoms with Crippen molar-refractivity contribution >= 4 is 0 Å². The van der Waals surface area contributed by atoms with Gasteiger partial charge in [0, 0.05) is 0 Å². The lowest BCUT2D eigenvalue weighted by Crippen LogP contribution is -2.57. The molecule has 5 aliphatic rings. The maximum absolute atomic E-state index is 10.8. The predicted octanol–water partition coefficient (Wildman–Crippen LogP) is 7.55. The van der Waals surface area contributed by atoms with E-state index in [0.717, 1.165) is 24.2 Å². The van der Waals surface area contributed by atoms with Crippen LogP contribution in [0, 0.1) is 45.3 Å². The highest BCUT2D eigenvalue weighted by Crippen LogP contribution is 2.73. The molecular formula is C30H50O2. The lowest BCUT2D eigenvalue weighted by atomic mass is 9.41. The Morgan fingerprint density at radius 1 is 0.969 bits per heavy atom. The van der Waals surface area contributed by atoms with E-state index in [1.807, 2.05) is 0 Å². The summed E-state index contributed by atoms with van der Waals surface area (Å²) in [6.45, 7) is 19.6. The molecule has 1 heterocycles. The van der Waals surface area contributed by atoms with Crippen LogP contribution in [0.4, 0.5) is 0 Å². The molecule has 0 bridgehead atoms. The number of fused-ring (bicyclic) bond motifs is 5. The predicted molar refractivity (Wildman–Crippen MR) is 132 cm³/mol. The minimum absolute atomic E-state index is 0.0336. The summed E-state index contributed by atoms with van der Waals surface area (Å²) >= 11 is 0. The second-order valence-electron chi connectivity index (χ2n) is 14.6. The van der Waals surface area contributed by atoms with Gasteiger partial charge in [-0.05, 0) is 117 Å². The molecule has 0 spiro atoms. The summed E-state index contributed by atoms with van der Waals surface area (Å²) in [6.07, 6.45) is 14.5.